The number of rotatable bonds is 1. The van der Waals surface area contributed by atoms with E-state index in [4.69, 9.17) is 0 Å². The lowest BCUT2D eigenvalue weighted by Crippen LogP contribution is -2.12. The van der Waals surface area contributed by atoms with Gasteiger partial charge >= 0.3 is 0 Å². The normalized spacial score (nSPS) is 10.5. The Bertz CT molecular complexity index is 560. The number of hydrogen-bond donors (Lipinski definition) is 2. The van der Waals surface area contributed by atoms with Crippen LogP contribution in [0.4, 0.5) is 0 Å². The fraction of sp³-hybridized carbons (Fsp3) is 0.125. The van der Waals surface area contributed by atoms with Gasteiger partial charge in [0.2, 0.25) is 5.88 Å². The van der Waals surface area contributed by atoms with Crippen LogP contribution >= 0.6 is 22.6 Å². The summed E-state index contributed by atoms with van der Waals surface area (Å²) < 4.78 is 1.77. The van der Waals surface area contributed by atoms with E-state index in [9.17, 15) is 9.90 Å². The molecule has 0 amide bonds. The average molecular weight is 318 g/mol. The third-order valence-electron chi connectivity index (χ3n) is 1.82. The van der Waals surface area contributed by atoms with Crippen molar-refractivity contribution in [1.29, 1.82) is 0 Å². The summed E-state index contributed by atoms with van der Waals surface area (Å²) in [5.41, 5.74) is 0.295. The Morgan fingerprint density at radius 1 is 1.60 bits per heavy atom. The van der Waals surface area contributed by atoms with E-state index in [1.54, 1.807) is 46.7 Å². The highest BCUT2D eigenvalue weighted by Crippen LogP contribution is 2.17. The molecule has 0 spiro atoms. The number of aromatic amines is 1. The quantitative estimate of drug-likeness (QED) is 0.749. The van der Waals surface area contributed by atoms with Crippen molar-refractivity contribution < 1.29 is 5.11 Å². The van der Waals surface area contributed by atoms with Gasteiger partial charge < -0.3 is 10.1 Å². The Balaban J connectivity index is 2.60. The maximum absolute atomic E-state index is 11.4. The highest BCUT2D eigenvalue weighted by molar-refractivity contribution is 14.1. The lowest BCUT2D eigenvalue weighted by molar-refractivity contribution is 0.447. The molecule has 2 aromatic rings. The van der Waals surface area contributed by atoms with Gasteiger partial charge in [-0.15, -0.1) is 0 Å². The molecule has 0 fully saturated rings. The molecular weight excluding hydrogens is 311 g/mol. The van der Waals surface area contributed by atoms with Crippen molar-refractivity contribution in [1.82, 2.24) is 19.7 Å². The van der Waals surface area contributed by atoms with Crippen molar-refractivity contribution in [3.8, 4) is 17.3 Å². The van der Waals surface area contributed by atoms with E-state index in [2.05, 4.69) is 15.1 Å². The molecule has 7 heteroatoms. The van der Waals surface area contributed by atoms with E-state index in [1.807, 2.05) is 0 Å². The van der Waals surface area contributed by atoms with Gasteiger partial charge in [-0.3, -0.25) is 9.48 Å². The first-order chi connectivity index (χ1) is 7.08. The topological polar surface area (TPSA) is 83.8 Å². The van der Waals surface area contributed by atoms with Crippen LogP contribution in [0.3, 0.4) is 0 Å². The zero-order valence-electron chi connectivity index (χ0n) is 7.73. The summed E-state index contributed by atoms with van der Waals surface area (Å²) in [6.45, 7) is 0. The number of nitrogens with one attached hydrogen (secondary N) is 1. The van der Waals surface area contributed by atoms with Gasteiger partial charge in [0.05, 0.1) is 11.8 Å². The van der Waals surface area contributed by atoms with E-state index in [-0.39, 0.29) is 15.0 Å². The molecule has 0 saturated heterocycles. The fourth-order valence-electron chi connectivity index (χ4n) is 1.13. The van der Waals surface area contributed by atoms with Crippen LogP contribution in [-0.4, -0.2) is 24.9 Å². The molecule has 0 atom stereocenters. The highest BCUT2D eigenvalue weighted by Gasteiger charge is 2.09. The van der Waals surface area contributed by atoms with Crippen LogP contribution in [0.1, 0.15) is 0 Å². The molecule has 0 unspecified atom stereocenters. The van der Waals surface area contributed by atoms with Gasteiger partial charge in [-0.1, -0.05) is 0 Å². The summed E-state index contributed by atoms with van der Waals surface area (Å²) in [5, 5.41) is 13.3. The molecule has 0 bridgehead atoms. The molecule has 2 aromatic heterocycles. The lowest BCUT2D eigenvalue weighted by atomic mass is 10.3. The van der Waals surface area contributed by atoms with E-state index in [0.717, 1.165) is 0 Å². The lowest BCUT2D eigenvalue weighted by Gasteiger charge is -1.98. The molecule has 78 valence electrons. The monoisotopic (exact) mass is 318 g/mol. The largest absolute Gasteiger partial charge is 0.492 e. The fourth-order valence-corrected chi connectivity index (χ4v) is 1.38. The predicted octanol–water partition coefficient (Wildman–Crippen LogP) is 0.481. The molecule has 0 aliphatic heterocycles. The first-order valence-corrected chi connectivity index (χ1v) is 5.13. The number of aromatic nitrogens is 4. The summed E-state index contributed by atoms with van der Waals surface area (Å²) in [6.07, 6.45) is 3.26. The first-order valence-electron chi connectivity index (χ1n) is 4.05. The minimum atomic E-state index is -0.359. The van der Waals surface area contributed by atoms with Crippen LogP contribution in [0.25, 0.3) is 11.4 Å². The number of aromatic hydroxyl groups is 1. The Morgan fingerprint density at radius 2 is 2.33 bits per heavy atom. The molecule has 0 saturated carbocycles. The van der Waals surface area contributed by atoms with Crippen LogP contribution < -0.4 is 5.56 Å². The number of halogens is 1. The highest BCUT2D eigenvalue weighted by atomic mass is 127. The summed E-state index contributed by atoms with van der Waals surface area (Å²) in [4.78, 5) is 17.8. The Labute approximate surface area is 98.1 Å². The zero-order chi connectivity index (χ0) is 11.0. The van der Waals surface area contributed by atoms with Crippen LogP contribution in [-0.2, 0) is 7.05 Å². The molecular formula is C8H7IN4O2. The van der Waals surface area contributed by atoms with Crippen LogP contribution in [0.2, 0.25) is 0 Å². The number of hydrogen-bond acceptors (Lipinski definition) is 4. The van der Waals surface area contributed by atoms with Gasteiger partial charge in [0.1, 0.15) is 9.39 Å². The maximum atomic E-state index is 11.4. The van der Waals surface area contributed by atoms with Gasteiger partial charge in [-0.05, 0) is 22.6 Å². The van der Waals surface area contributed by atoms with Crippen LogP contribution in [0.5, 0.6) is 5.88 Å². The van der Waals surface area contributed by atoms with Gasteiger partial charge in [-0.2, -0.15) is 10.1 Å². The predicted molar refractivity (Wildman–Crippen MR) is 61.4 cm³/mol. The molecule has 2 rings (SSSR count). The summed E-state index contributed by atoms with van der Waals surface area (Å²) in [7, 11) is 1.76. The minimum absolute atomic E-state index is 0.181. The van der Waals surface area contributed by atoms with Crippen molar-refractivity contribution in [2.24, 2.45) is 7.05 Å². The van der Waals surface area contributed by atoms with Crippen molar-refractivity contribution in [3.63, 3.8) is 0 Å². The number of aryl methyl sites for hydroxylation is 1. The Hall–Kier alpha value is -1.38. The molecule has 0 aliphatic rings. The SMILES string of the molecule is Cn1cc(-c2nc(O)c(I)c(=O)[nH]2)cn1. The van der Waals surface area contributed by atoms with Crippen LogP contribution in [0.15, 0.2) is 17.2 Å². The standard InChI is InChI=1S/C8H7IN4O2/c1-13-3-4(2-10-13)6-11-7(14)5(9)8(15)12-6/h2-3H,1H3,(H2,11,12,14,15). The molecule has 15 heavy (non-hydrogen) atoms. The van der Waals surface area contributed by atoms with E-state index >= 15 is 0 Å². The van der Waals surface area contributed by atoms with Crippen LogP contribution in [0, 0.1) is 3.57 Å². The molecule has 0 radical (unpaired) electrons. The third-order valence-corrected chi connectivity index (χ3v) is 2.80. The summed E-state index contributed by atoms with van der Waals surface area (Å²) in [6, 6.07) is 0. The van der Waals surface area contributed by atoms with Crippen molar-refractivity contribution in [2.75, 3.05) is 0 Å². The van der Waals surface area contributed by atoms with E-state index in [0.29, 0.717) is 11.4 Å². The summed E-state index contributed by atoms with van der Waals surface area (Å²) in [5.74, 6) is 0.0456. The average Bonchev–Trinajstić information content (AvgIpc) is 2.60. The van der Waals surface area contributed by atoms with E-state index < -0.39 is 0 Å². The summed E-state index contributed by atoms with van der Waals surface area (Å²) >= 11 is 1.73. The Morgan fingerprint density at radius 3 is 2.87 bits per heavy atom. The molecule has 2 N–H and O–H groups in total. The second-order valence-corrected chi connectivity index (χ2v) is 4.03. The zero-order valence-corrected chi connectivity index (χ0v) is 9.89. The second-order valence-electron chi connectivity index (χ2n) is 2.95. The van der Waals surface area contributed by atoms with Gasteiger partial charge in [-0.25, -0.2) is 0 Å². The smallest absolute Gasteiger partial charge is 0.268 e. The van der Waals surface area contributed by atoms with E-state index in [1.165, 1.54) is 0 Å². The molecule has 0 aromatic carbocycles. The first kappa shape index (κ1) is 10.1. The van der Waals surface area contributed by atoms with Crippen molar-refractivity contribution >= 4 is 22.6 Å². The molecule has 0 aliphatic carbocycles. The second kappa shape index (κ2) is 3.65. The van der Waals surface area contributed by atoms with Gasteiger partial charge in [0.25, 0.3) is 5.56 Å². The van der Waals surface area contributed by atoms with Crippen molar-refractivity contribution in [2.45, 2.75) is 0 Å². The molecule has 6 nitrogen and oxygen atoms in total. The van der Waals surface area contributed by atoms with Gasteiger partial charge in [0.15, 0.2) is 0 Å². The van der Waals surface area contributed by atoms with Gasteiger partial charge in [0, 0.05) is 13.2 Å². The number of nitrogens with zero attached hydrogens (tertiary/aromatic N) is 3. The third kappa shape index (κ3) is 1.87. The van der Waals surface area contributed by atoms with Crippen molar-refractivity contribution in [3.05, 3.63) is 26.3 Å². The molecule has 2 heterocycles. The Kier molecular flexibility index (Phi) is 2.47. The minimum Gasteiger partial charge on any atom is -0.492 e. The number of H-pyrrole nitrogens is 1. The maximum Gasteiger partial charge on any atom is 0.268 e.